The van der Waals surface area contributed by atoms with E-state index in [4.69, 9.17) is 17.3 Å². The summed E-state index contributed by atoms with van der Waals surface area (Å²) in [7, 11) is 0. The predicted molar refractivity (Wildman–Crippen MR) is 75.0 cm³/mol. The molecule has 0 aliphatic heterocycles. The molecule has 0 unspecified atom stereocenters. The van der Waals surface area contributed by atoms with E-state index in [-0.39, 0.29) is 23.9 Å². The first kappa shape index (κ1) is 15.4. The number of rotatable bonds is 3. The highest BCUT2D eigenvalue weighted by atomic mass is 35.5. The Morgan fingerprint density at radius 3 is 2.21 bits per heavy atom. The zero-order chi connectivity index (χ0) is 14.6. The van der Waals surface area contributed by atoms with E-state index < -0.39 is 5.41 Å². The van der Waals surface area contributed by atoms with Crippen molar-refractivity contribution in [2.75, 3.05) is 0 Å². The topological polar surface area (TPSA) is 74.1 Å². The van der Waals surface area contributed by atoms with E-state index in [1.807, 2.05) is 20.8 Å². The number of benzene rings is 1. The number of hydrogen-bond donors (Lipinski definition) is 2. The smallest absolute Gasteiger partial charge is 0.298 e. The molecule has 0 atom stereocenters. The zero-order valence-corrected chi connectivity index (χ0v) is 12.0. The van der Waals surface area contributed by atoms with Gasteiger partial charge in [-0.05, 0) is 24.3 Å². The molecule has 0 spiro atoms. The summed E-state index contributed by atoms with van der Waals surface area (Å²) in [6.07, 6.45) is 0.0306. The van der Waals surface area contributed by atoms with Crippen LogP contribution in [0.25, 0.3) is 0 Å². The van der Waals surface area contributed by atoms with Gasteiger partial charge in [-0.15, -0.1) is 0 Å². The highest BCUT2D eigenvalue weighted by Crippen LogP contribution is 2.15. The van der Waals surface area contributed by atoms with Crippen molar-refractivity contribution in [3.63, 3.8) is 0 Å². The molecule has 0 saturated heterocycles. The van der Waals surface area contributed by atoms with Crippen molar-refractivity contribution in [2.45, 2.75) is 27.2 Å². The van der Waals surface area contributed by atoms with Crippen LogP contribution >= 0.6 is 11.6 Å². The molecule has 3 N–H and O–H groups in total. The molecule has 0 fully saturated rings. The standard InChI is InChI=1S/C14H17ClN2O2/c1-14(2,3)11(18)8-12(16)17-13(19)9-4-6-10(15)7-5-9/h4-7H,8H2,1-3H3,(H2,16,17,19)/p+1. The molecule has 5 heteroatoms. The lowest BCUT2D eigenvalue weighted by atomic mass is 9.89. The number of carbonyl (C=O) groups excluding carboxylic acids is 2. The van der Waals surface area contributed by atoms with Gasteiger partial charge in [-0.25, -0.2) is 9.79 Å². The first-order valence-corrected chi connectivity index (χ1v) is 6.29. The summed E-state index contributed by atoms with van der Waals surface area (Å²) in [4.78, 5) is 26.1. The Hall–Kier alpha value is -1.68. The summed E-state index contributed by atoms with van der Waals surface area (Å²) in [5, 5.41) is 0.552. The number of amidine groups is 1. The van der Waals surface area contributed by atoms with Gasteiger partial charge in [0.1, 0.15) is 12.2 Å². The molecule has 0 saturated carbocycles. The Kier molecular flexibility index (Phi) is 4.84. The maximum atomic E-state index is 11.8. The Balaban J connectivity index is 2.77. The van der Waals surface area contributed by atoms with Crippen molar-refractivity contribution in [3.8, 4) is 0 Å². The van der Waals surface area contributed by atoms with Crippen LogP contribution in [-0.4, -0.2) is 17.5 Å². The fourth-order valence-electron chi connectivity index (χ4n) is 1.30. The minimum Gasteiger partial charge on any atom is -0.298 e. The molecule has 102 valence electrons. The Labute approximate surface area is 117 Å². The molecule has 0 radical (unpaired) electrons. The third-order valence-electron chi connectivity index (χ3n) is 2.57. The fourth-order valence-corrected chi connectivity index (χ4v) is 1.43. The molecular weight excluding hydrogens is 264 g/mol. The Bertz CT molecular complexity index is 513. The van der Waals surface area contributed by atoms with Crippen LogP contribution in [0.3, 0.4) is 0 Å². The molecule has 0 heterocycles. The van der Waals surface area contributed by atoms with Gasteiger partial charge in [0.2, 0.25) is 0 Å². The van der Waals surface area contributed by atoms with Gasteiger partial charge in [0.25, 0.3) is 5.84 Å². The van der Waals surface area contributed by atoms with Gasteiger partial charge >= 0.3 is 5.91 Å². The highest BCUT2D eigenvalue weighted by Gasteiger charge is 2.24. The molecule has 0 bridgehead atoms. The Morgan fingerprint density at radius 2 is 1.74 bits per heavy atom. The predicted octanol–water partition coefficient (Wildman–Crippen LogP) is 0.923. The van der Waals surface area contributed by atoms with Crippen LogP contribution < -0.4 is 10.7 Å². The lowest BCUT2D eigenvalue weighted by Gasteiger charge is -2.14. The quantitative estimate of drug-likeness (QED) is 0.639. The number of halogens is 1. The van der Waals surface area contributed by atoms with E-state index >= 15 is 0 Å². The summed E-state index contributed by atoms with van der Waals surface area (Å²) in [6, 6.07) is 6.42. The van der Waals surface area contributed by atoms with E-state index in [1.54, 1.807) is 24.3 Å². The van der Waals surface area contributed by atoms with Crippen LogP contribution in [-0.2, 0) is 4.79 Å². The van der Waals surface area contributed by atoms with Crippen molar-refractivity contribution >= 4 is 29.1 Å². The summed E-state index contributed by atoms with van der Waals surface area (Å²) in [6.45, 7) is 5.43. The van der Waals surface area contributed by atoms with Crippen LogP contribution in [0.5, 0.6) is 0 Å². The van der Waals surface area contributed by atoms with Gasteiger partial charge in [0.15, 0.2) is 0 Å². The SMILES string of the molecule is CC(C)(C)C(=O)CC(N)=[NH+]C(=O)c1ccc(Cl)cc1. The van der Waals surface area contributed by atoms with Crippen LogP contribution in [0.4, 0.5) is 0 Å². The number of hydrogen-bond acceptors (Lipinski definition) is 2. The van der Waals surface area contributed by atoms with E-state index in [0.29, 0.717) is 10.6 Å². The van der Waals surface area contributed by atoms with E-state index in [0.717, 1.165) is 0 Å². The van der Waals surface area contributed by atoms with Crippen molar-refractivity contribution in [2.24, 2.45) is 11.1 Å². The minimum absolute atomic E-state index is 0.0265. The second-order valence-corrected chi connectivity index (χ2v) is 5.77. The maximum Gasteiger partial charge on any atom is 0.338 e. The van der Waals surface area contributed by atoms with Gasteiger partial charge < -0.3 is 0 Å². The monoisotopic (exact) mass is 281 g/mol. The molecule has 0 aliphatic carbocycles. The van der Waals surface area contributed by atoms with Gasteiger partial charge in [0, 0.05) is 10.4 Å². The van der Waals surface area contributed by atoms with Crippen molar-refractivity contribution < 1.29 is 14.6 Å². The van der Waals surface area contributed by atoms with Crippen molar-refractivity contribution in [1.29, 1.82) is 0 Å². The van der Waals surface area contributed by atoms with Gasteiger partial charge in [-0.2, -0.15) is 0 Å². The molecule has 4 nitrogen and oxygen atoms in total. The van der Waals surface area contributed by atoms with Crippen molar-refractivity contribution in [3.05, 3.63) is 34.9 Å². The number of ketones is 1. The highest BCUT2D eigenvalue weighted by molar-refractivity contribution is 6.30. The summed E-state index contributed by atoms with van der Waals surface area (Å²) >= 11 is 5.73. The number of nitrogens with one attached hydrogen (secondary N) is 1. The molecule has 1 rings (SSSR count). The number of nitrogens with two attached hydrogens (primary N) is 1. The minimum atomic E-state index is -0.477. The fraction of sp³-hybridized carbons (Fsp3) is 0.357. The second-order valence-electron chi connectivity index (χ2n) is 5.34. The van der Waals surface area contributed by atoms with Crippen LogP contribution in [0.1, 0.15) is 37.6 Å². The second kappa shape index (κ2) is 5.97. The molecule has 1 aromatic carbocycles. The number of amides is 1. The average molecular weight is 282 g/mol. The molecule has 19 heavy (non-hydrogen) atoms. The van der Waals surface area contributed by atoms with Gasteiger partial charge in [-0.3, -0.25) is 10.5 Å². The maximum absolute atomic E-state index is 11.8. The summed E-state index contributed by atoms with van der Waals surface area (Å²) in [5.41, 5.74) is 5.64. The largest absolute Gasteiger partial charge is 0.338 e. The third kappa shape index (κ3) is 4.83. The van der Waals surface area contributed by atoms with Crippen LogP contribution in [0.2, 0.25) is 5.02 Å². The molecule has 0 aliphatic rings. The molecular formula is C14H18ClN2O2+. The van der Waals surface area contributed by atoms with E-state index in [1.165, 1.54) is 0 Å². The number of carbonyl (C=O) groups is 2. The van der Waals surface area contributed by atoms with Gasteiger partial charge in [-0.1, -0.05) is 32.4 Å². The lowest BCUT2D eigenvalue weighted by molar-refractivity contribution is -0.347. The molecule has 1 aromatic rings. The van der Waals surface area contributed by atoms with E-state index in [9.17, 15) is 9.59 Å². The van der Waals surface area contributed by atoms with Crippen LogP contribution in [0, 0.1) is 5.41 Å². The normalized spacial score (nSPS) is 12.3. The summed E-state index contributed by atoms with van der Waals surface area (Å²) < 4.78 is 0. The number of Topliss-reactive ketones (excluding diaryl/α,β-unsaturated/α-hetero) is 1. The molecule has 1 amide bonds. The first-order valence-electron chi connectivity index (χ1n) is 5.91. The third-order valence-corrected chi connectivity index (χ3v) is 2.82. The van der Waals surface area contributed by atoms with E-state index in [2.05, 4.69) is 4.99 Å². The first-order chi connectivity index (χ1) is 8.70. The Morgan fingerprint density at radius 1 is 1.21 bits per heavy atom. The zero-order valence-electron chi connectivity index (χ0n) is 11.3. The molecule has 0 aromatic heterocycles. The van der Waals surface area contributed by atoms with Crippen molar-refractivity contribution in [1.82, 2.24) is 0 Å². The van der Waals surface area contributed by atoms with Crippen LogP contribution in [0.15, 0.2) is 24.3 Å². The summed E-state index contributed by atoms with van der Waals surface area (Å²) in [5.74, 6) is -0.225. The average Bonchev–Trinajstić information content (AvgIpc) is 2.28. The van der Waals surface area contributed by atoms with Gasteiger partial charge in [0.05, 0.1) is 5.56 Å². The lowest BCUT2D eigenvalue weighted by Crippen LogP contribution is -2.79.